The normalized spacial score (nSPS) is 21.3. The maximum absolute atomic E-state index is 14.9. The lowest BCUT2D eigenvalue weighted by Gasteiger charge is -2.36. The number of piperidine rings is 1. The molecule has 1 aromatic heterocycles. The number of aryl methyl sites for hydroxylation is 1. The van der Waals surface area contributed by atoms with E-state index in [4.69, 9.17) is 11.6 Å². The van der Waals surface area contributed by atoms with Gasteiger partial charge in [-0.15, -0.1) is 0 Å². The number of hydrogen-bond donors (Lipinski definition) is 0. The summed E-state index contributed by atoms with van der Waals surface area (Å²) < 4.78 is 41.0. The van der Waals surface area contributed by atoms with Crippen LogP contribution in [0.3, 0.4) is 0 Å². The van der Waals surface area contributed by atoms with E-state index in [9.17, 15) is 12.8 Å². The van der Waals surface area contributed by atoms with Crippen LogP contribution in [0, 0.1) is 0 Å². The van der Waals surface area contributed by atoms with E-state index in [1.807, 2.05) is 0 Å². The van der Waals surface area contributed by atoms with Crippen LogP contribution in [0.2, 0.25) is 5.15 Å². The van der Waals surface area contributed by atoms with Crippen LogP contribution in [0.5, 0.6) is 0 Å². The summed E-state index contributed by atoms with van der Waals surface area (Å²) in [6, 6.07) is 0. The van der Waals surface area contributed by atoms with Gasteiger partial charge < -0.3 is 0 Å². The number of sulfone groups is 1. The molecule has 1 unspecified atom stereocenters. The molecule has 19 heavy (non-hydrogen) atoms. The van der Waals surface area contributed by atoms with Crippen LogP contribution in [0.1, 0.15) is 26.2 Å². The van der Waals surface area contributed by atoms with E-state index < -0.39 is 15.0 Å². The van der Waals surface area contributed by atoms with E-state index >= 15 is 0 Å². The Morgan fingerprint density at radius 1 is 1.37 bits per heavy atom. The second-order valence-electron chi connectivity index (χ2n) is 4.88. The van der Waals surface area contributed by atoms with Crippen molar-refractivity contribution >= 4 is 21.4 Å². The first kappa shape index (κ1) is 14.7. The first-order valence-electron chi connectivity index (χ1n) is 6.14. The number of hydrogen-bond acceptors (Lipinski definition) is 4. The zero-order valence-corrected chi connectivity index (χ0v) is 12.5. The first-order valence-corrected chi connectivity index (χ1v) is 8.00. The molecule has 0 bridgehead atoms. The maximum Gasteiger partial charge on any atom is 0.267 e. The van der Waals surface area contributed by atoms with Crippen LogP contribution in [-0.2, 0) is 16.9 Å². The molecule has 0 radical (unpaired) electrons. The van der Waals surface area contributed by atoms with Crippen LogP contribution in [0.15, 0.2) is 11.1 Å². The highest BCUT2D eigenvalue weighted by atomic mass is 35.5. The van der Waals surface area contributed by atoms with Crippen molar-refractivity contribution in [1.82, 2.24) is 14.7 Å². The summed E-state index contributed by atoms with van der Waals surface area (Å²) in [4.78, 5) is 1.10. The van der Waals surface area contributed by atoms with E-state index in [0.717, 1.165) is 26.2 Å². The third kappa shape index (κ3) is 2.51. The van der Waals surface area contributed by atoms with Crippen molar-refractivity contribution in [3.63, 3.8) is 0 Å². The highest BCUT2D eigenvalue weighted by molar-refractivity contribution is 7.92. The lowest BCUT2D eigenvalue weighted by Crippen LogP contribution is -2.50. The second-order valence-corrected chi connectivity index (χ2v) is 7.43. The Morgan fingerprint density at radius 2 is 1.95 bits per heavy atom. The number of likely N-dealkylation sites (tertiary alicyclic amines) is 1. The minimum atomic E-state index is -4.20. The minimum Gasteiger partial charge on any atom is -0.273 e. The second kappa shape index (κ2) is 5.03. The predicted octanol–water partition coefficient (Wildman–Crippen LogP) is 1.98. The molecule has 0 spiro atoms. The predicted molar refractivity (Wildman–Crippen MR) is 70.3 cm³/mol. The molecular formula is C11H17ClFN3O2S. The van der Waals surface area contributed by atoms with Gasteiger partial charge in [0.25, 0.3) is 5.12 Å². The molecule has 1 aromatic rings. The smallest absolute Gasteiger partial charge is 0.267 e. The average molecular weight is 310 g/mol. The molecule has 8 heteroatoms. The lowest BCUT2D eigenvalue weighted by molar-refractivity contribution is 0.0391. The molecule has 5 nitrogen and oxygen atoms in total. The van der Waals surface area contributed by atoms with E-state index in [2.05, 4.69) is 5.10 Å². The zero-order chi connectivity index (χ0) is 14.3. The first-order chi connectivity index (χ1) is 8.76. The van der Waals surface area contributed by atoms with Gasteiger partial charge in [0.2, 0.25) is 9.84 Å². The molecule has 0 aliphatic carbocycles. The van der Waals surface area contributed by atoms with Gasteiger partial charge in [-0.3, -0.25) is 9.58 Å². The highest BCUT2D eigenvalue weighted by Crippen LogP contribution is 2.35. The van der Waals surface area contributed by atoms with Gasteiger partial charge in [-0.25, -0.2) is 12.8 Å². The summed E-state index contributed by atoms with van der Waals surface area (Å²) in [5.74, 6) is 0. The molecule has 2 rings (SSSR count). The van der Waals surface area contributed by atoms with Crippen LogP contribution in [0.4, 0.5) is 4.39 Å². The van der Waals surface area contributed by atoms with Gasteiger partial charge >= 0.3 is 0 Å². The summed E-state index contributed by atoms with van der Waals surface area (Å²) >= 11 is 5.78. The van der Waals surface area contributed by atoms with Gasteiger partial charge in [-0.2, -0.15) is 5.10 Å². The number of nitrogens with zero attached hydrogens (tertiary/aromatic N) is 3. The fraction of sp³-hybridized carbons (Fsp3) is 0.727. The number of rotatable bonds is 3. The molecule has 108 valence electrons. The average Bonchev–Trinajstić information content (AvgIpc) is 2.70. The molecule has 0 amide bonds. The molecule has 1 atom stereocenters. The Kier molecular flexibility index (Phi) is 3.90. The Labute approximate surface area is 117 Å². The summed E-state index contributed by atoms with van der Waals surface area (Å²) in [5, 5.41) is 1.10. The molecule has 0 N–H and O–H groups in total. The molecule has 1 aliphatic heterocycles. The lowest BCUT2D eigenvalue weighted by atomic mass is 10.1. The van der Waals surface area contributed by atoms with Crippen LogP contribution in [0.25, 0.3) is 0 Å². The van der Waals surface area contributed by atoms with Crippen molar-refractivity contribution in [2.24, 2.45) is 7.05 Å². The molecule has 0 aromatic carbocycles. The molecule has 0 saturated carbocycles. The number of aromatic nitrogens is 2. The summed E-state index contributed by atoms with van der Waals surface area (Å²) in [6.45, 7) is 1.95. The van der Waals surface area contributed by atoms with E-state index in [1.54, 1.807) is 7.05 Å². The van der Waals surface area contributed by atoms with Gasteiger partial charge in [0.15, 0.2) is 5.15 Å². The Hall–Kier alpha value is -0.660. The van der Waals surface area contributed by atoms with Crippen molar-refractivity contribution in [3.8, 4) is 0 Å². The highest BCUT2D eigenvalue weighted by Gasteiger charge is 2.47. The molecule has 1 saturated heterocycles. The van der Waals surface area contributed by atoms with Crippen LogP contribution < -0.4 is 0 Å². The molecule has 1 aliphatic rings. The van der Waals surface area contributed by atoms with Crippen LogP contribution >= 0.6 is 11.6 Å². The maximum atomic E-state index is 14.9. The van der Waals surface area contributed by atoms with Crippen molar-refractivity contribution in [2.75, 3.05) is 13.1 Å². The zero-order valence-electron chi connectivity index (χ0n) is 10.9. The van der Waals surface area contributed by atoms with Crippen molar-refractivity contribution in [3.05, 3.63) is 11.3 Å². The molecular weight excluding hydrogens is 293 g/mol. The monoisotopic (exact) mass is 309 g/mol. The van der Waals surface area contributed by atoms with Gasteiger partial charge in [0.05, 0.1) is 0 Å². The minimum absolute atomic E-state index is 0.191. The fourth-order valence-electron chi connectivity index (χ4n) is 2.28. The largest absolute Gasteiger partial charge is 0.273 e. The van der Waals surface area contributed by atoms with Gasteiger partial charge in [-0.1, -0.05) is 18.0 Å². The Morgan fingerprint density at radius 3 is 2.42 bits per heavy atom. The number of halogens is 2. The Bertz CT molecular complexity index is 564. The van der Waals surface area contributed by atoms with Gasteiger partial charge in [0.1, 0.15) is 4.90 Å². The summed E-state index contributed by atoms with van der Waals surface area (Å²) in [7, 11) is -2.66. The molecule has 1 fully saturated rings. The topological polar surface area (TPSA) is 55.2 Å². The third-order valence-electron chi connectivity index (χ3n) is 3.45. The standard InChI is InChI=1S/C11H17ClFN3O2S/c1-11(13,16-6-4-3-5-7-16)19(17,18)9-8-15(2)14-10(9)12/h8H,3-7H2,1-2H3. The van der Waals surface area contributed by atoms with Crippen molar-refractivity contribution < 1.29 is 12.8 Å². The summed E-state index contributed by atoms with van der Waals surface area (Å²) in [5.41, 5.74) is 0. The Balaban J connectivity index is 2.40. The molecule has 2 heterocycles. The summed E-state index contributed by atoms with van der Waals surface area (Å²) in [6.07, 6.45) is 3.84. The fourth-order valence-corrected chi connectivity index (χ4v) is 4.23. The van der Waals surface area contributed by atoms with Crippen molar-refractivity contribution in [1.29, 1.82) is 0 Å². The quantitative estimate of drug-likeness (QED) is 0.801. The van der Waals surface area contributed by atoms with Gasteiger partial charge in [-0.05, 0) is 19.8 Å². The van der Waals surface area contributed by atoms with E-state index in [0.29, 0.717) is 13.1 Å². The SMILES string of the molecule is Cn1cc(S(=O)(=O)C(C)(F)N2CCCCC2)c(Cl)n1. The van der Waals surface area contributed by atoms with E-state index in [-0.39, 0.29) is 10.0 Å². The number of alkyl halides is 1. The van der Waals surface area contributed by atoms with Crippen molar-refractivity contribution in [2.45, 2.75) is 36.2 Å². The third-order valence-corrected chi connectivity index (χ3v) is 5.96. The van der Waals surface area contributed by atoms with Gasteiger partial charge in [0, 0.05) is 26.3 Å². The van der Waals surface area contributed by atoms with Crippen LogP contribution in [-0.4, -0.2) is 41.3 Å². The van der Waals surface area contributed by atoms with E-state index in [1.165, 1.54) is 15.8 Å².